The van der Waals surface area contributed by atoms with E-state index >= 15 is 0 Å². The minimum Gasteiger partial charge on any atom is -0.376 e. The molecule has 0 aromatic rings. The zero-order valence-corrected chi connectivity index (χ0v) is 13.2. The lowest BCUT2D eigenvalue weighted by atomic mass is 9.89. The van der Waals surface area contributed by atoms with Crippen LogP contribution in [0.2, 0.25) is 0 Å². The molecule has 1 heterocycles. The summed E-state index contributed by atoms with van der Waals surface area (Å²) in [6.45, 7) is 10.7. The average molecular weight is 283 g/mol. The highest BCUT2D eigenvalue weighted by atomic mass is 16.5. The molecule has 1 aliphatic heterocycles. The number of rotatable bonds is 6. The summed E-state index contributed by atoms with van der Waals surface area (Å²) in [5.41, 5.74) is 5.21. The number of nitrogens with one attached hydrogen (secondary N) is 1. The predicted molar refractivity (Wildman–Crippen MR) is 79.4 cm³/mol. The van der Waals surface area contributed by atoms with E-state index in [1.807, 2.05) is 0 Å². The molecule has 1 saturated heterocycles. The van der Waals surface area contributed by atoms with Gasteiger partial charge in [0.15, 0.2) is 0 Å². The second-order valence-corrected chi connectivity index (χ2v) is 6.83. The molecule has 0 aromatic heterocycles. The molecule has 0 spiro atoms. The Bertz CT molecular complexity index is 357. The van der Waals surface area contributed by atoms with Crippen LogP contribution in [0.5, 0.6) is 0 Å². The Morgan fingerprint density at radius 1 is 1.45 bits per heavy atom. The lowest BCUT2D eigenvalue weighted by molar-refractivity contribution is -0.129. The smallest absolute Gasteiger partial charge is 0.239 e. The minimum atomic E-state index is -0.584. The Labute approximate surface area is 122 Å². The molecule has 3 atom stereocenters. The molecule has 1 amide bonds. The molecular weight excluding hydrogens is 254 g/mol. The summed E-state index contributed by atoms with van der Waals surface area (Å²) in [5.74, 6) is 0.174. The highest BCUT2D eigenvalue weighted by molar-refractivity contribution is 5.86. The van der Waals surface area contributed by atoms with Gasteiger partial charge in [0.25, 0.3) is 0 Å². The van der Waals surface area contributed by atoms with Crippen LogP contribution in [0.15, 0.2) is 0 Å². The van der Waals surface area contributed by atoms with Gasteiger partial charge >= 0.3 is 0 Å². The van der Waals surface area contributed by atoms with Crippen LogP contribution in [-0.4, -0.2) is 54.2 Å². The number of amides is 1. The third kappa shape index (κ3) is 3.32. The number of carbonyl (C=O) groups is 1. The highest BCUT2D eigenvalue weighted by Crippen LogP contribution is 2.41. The molecule has 20 heavy (non-hydrogen) atoms. The lowest BCUT2D eigenvalue weighted by Gasteiger charge is -2.44. The molecule has 5 heteroatoms. The molecular formula is C15H29N3O2. The third-order valence-corrected chi connectivity index (χ3v) is 4.45. The summed E-state index contributed by atoms with van der Waals surface area (Å²) in [7, 11) is 0. The molecule has 0 aromatic carbocycles. The van der Waals surface area contributed by atoms with Crippen molar-refractivity contribution in [1.82, 2.24) is 10.2 Å². The first-order valence-electron chi connectivity index (χ1n) is 7.78. The maximum atomic E-state index is 12.2. The SMILES string of the molecule is CC(C)NC(CN1CC(C)OCC1C)(C(N)=O)C1CC1. The number of nitrogens with zero attached hydrogens (tertiary/aromatic N) is 1. The normalized spacial score (nSPS) is 31.2. The minimum absolute atomic E-state index is 0.208. The summed E-state index contributed by atoms with van der Waals surface area (Å²) in [5, 5.41) is 3.48. The molecule has 5 nitrogen and oxygen atoms in total. The number of morpholine rings is 1. The van der Waals surface area contributed by atoms with Crippen LogP contribution in [0, 0.1) is 5.92 Å². The van der Waals surface area contributed by atoms with E-state index in [2.05, 4.69) is 37.9 Å². The summed E-state index contributed by atoms with van der Waals surface area (Å²) < 4.78 is 5.67. The van der Waals surface area contributed by atoms with Crippen LogP contribution in [0.1, 0.15) is 40.5 Å². The van der Waals surface area contributed by atoms with Gasteiger partial charge in [-0.1, -0.05) is 0 Å². The van der Waals surface area contributed by atoms with Crippen molar-refractivity contribution in [2.75, 3.05) is 19.7 Å². The molecule has 2 rings (SSSR count). The molecule has 3 N–H and O–H groups in total. The van der Waals surface area contributed by atoms with Gasteiger partial charge < -0.3 is 10.5 Å². The predicted octanol–water partition coefficient (Wildman–Crippen LogP) is 0.728. The molecule has 3 unspecified atom stereocenters. The monoisotopic (exact) mass is 283 g/mol. The van der Waals surface area contributed by atoms with Gasteiger partial charge in [-0.2, -0.15) is 0 Å². The summed E-state index contributed by atoms with van der Waals surface area (Å²) in [4.78, 5) is 14.6. The van der Waals surface area contributed by atoms with Gasteiger partial charge in [-0.15, -0.1) is 0 Å². The third-order valence-electron chi connectivity index (χ3n) is 4.45. The van der Waals surface area contributed by atoms with Crippen molar-refractivity contribution >= 4 is 5.91 Å². The molecule has 2 aliphatic rings. The zero-order chi connectivity index (χ0) is 14.9. The van der Waals surface area contributed by atoms with Gasteiger partial charge in [-0.05, 0) is 46.5 Å². The number of primary amides is 1. The number of nitrogens with two attached hydrogens (primary N) is 1. The maximum Gasteiger partial charge on any atom is 0.239 e. The van der Waals surface area contributed by atoms with Gasteiger partial charge in [0, 0.05) is 25.2 Å². The summed E-state index contributed by atoms with van der Waals surface area (Å²) in [6, 6.07) is 0.578. The molecule has 0 bridgehead atoms. The van der Waals surface area contributed by atoms with E-state index in [9.17, 15) is 4.79 Å². The Morgan fingerprint density at radius 3 is 2.60 bits per heavy atom. The standard InChI is InChI=1S/C15H29N3O2/c1-10(2)17-15(14(16)19,13-5-6-13)9-18-7-12(4)20-8-11(18)3/h10-13,17H,5-9H2,1-4H3,(H2,16,19). The fraction of sp³-hybridized carbons (Fsp3) is 0.933. The first-order chi connectivity index (χ1) is 9.35. The van der Waals surface area contributed by atoms with E-state index in [1.165, 1.54) is 0 Å². The number of carbonyl (C=O) groups excluding carboxylic acids is 1. The highest BCUT2D eigenvalue weighted by Gasteiger charge is 2.51. The molecule has 1 aliphatic carbocycles. The van der Waals surface area contributed by atoms with E-state index in [4.69, 9.17) is 10.5 Å². The van der Waals surface area contributed by atoms with Crippen LogP contribution in [0.4, 0.5) is 0 Å². The second-order valence-electron chi connectivity index (χ2n) is 6.83. The Hall–Kier alpha value is -0.650. The fourth-order valence-electron chi connectivity index (χ4n) is 3.25. The summed E-state index contributed by atoms with van der Waals surface area (Å²) in [6.07, 6.45) is 2.41. The van der Waals surface area contributed by atoms with Crippen LogP contribution >= 0.6 is 0 Å². The van der Waals surface area contributed by atoms with Gasteiger partial charge in [-0.25, -0.2) is 0 Å². The van der Waals surface area contributed by atoms with Crippen molar-refractivity contribution in [2.24, 2.45) is 11.7 Å². The van der Waals surface area contributed by atoms with E-state index in [0.29, 0.717) is 18.5 Å². The van der Waals surface area contributed by atoms with E-state index < -0.39 is 5.54 Å². The van der Waals surface area contributed by atoms with E-state index in [-0.39, 0.29) is 18.1 Å². The van der Waals surface area contributed by atoms with E-state index in [1.54, 1.807) is 0 Å². The van der Waals surface area contributed by atoms with Crippen molar-refractivity contribution < 1.29 is 9.53 Å². The first kappa shape index (κ1) is 15.7. The topological polar surface area (TPSA) is 67.6 Å². The quantitative estimate of drug-likeness (QED) is 0.754. The van der Waals surface area contributed by atoms with Crippen molar-refractivity contribution in [3.8, 4) is 0 Å². The van der Waals surface area contributed by atoms with Crippen LogP contribution in [0.25, 0.3) is 0 Å². The van der Waals surface area contributed by atoms with Crippen molar-refractivity contribution in [2.45, 2.75) is 64.3 Å². The number of hydrogen-bond acceptors (Lipinski definition) is 4. The molecule has 0 radical (unpaired) electrons. The summed E-state index contributed by atoms with van der Waals surface area (Å²) >= 11 is 0. The maximum absolute atomic E-state index is 12.2. The number of hydrogen-bond donors (Lipinski definition) is 2. The second kappa shape index (κ2) is 6.00. The zero-order valence-electron chi connectivity index (χ0n) is 13.2. The number of ether oxygens (including phenoxy) is 1. The van der Waals surface area contributed by atoms with Crippen LogP contribution in [-0.2, 0) is 9.53 Å². The van der Waals surface area contributed by atoms with Gasteiger partial charge in [0.05, 0.1) is 12.7 Å². The molecule has 1 saturated carbocycles. The van der Waals surface area contributed by atoms with Crippen molar-refractivity contribution in [3.05, 3.63) is 0 Å². The molecule has 2 fully saturated rings. The largest absolute Gasteiger partial charge is 0.376 e. The molecule has 116 valence electrons. The fourth-order valence-corrected chi connectivity index (χ4v) is 3.25. The van der Waals surface area contributed by atoms with Gasteiger partial charge in [0.2, 0.25) is 5.91 Å². The van der Waals surface area contributed by atoms with Crippen LogP contribution in [0.3, 0.4) is 0 Å². The Balaban J connectivity index is 2.15. The Morgan fingerprint density at radius 2 is 2.10 bits per heavy atom. The van der Waals surface area contributed by atoms with Gasteiger partial charge in [0.1, 0.15) is 5.54 Å². The van der Waals surface area contributed by atoms with Crippen LogP contribution < -0.4 is 11.1 Å². The lowest BCUT2D eigenvalue weighted by Crippen LogP contribution is -2.67. The van der Waals surface area contributed by atoms with Crippen molar-refractivity contribution in [3.63, 3.8) is 0 Å². The van der Waals surface area contributed by atoms with E-state index in [0.717, 1.165) is 26.0 Å². The van der Waals surface area contributed by atoms with Crippen molar-refractivity contribution in [1.29, 1.82) is 0 Å². The first-order valence-corrected chi connectivity index (χ1v) is 7.78. The average Bonchev–Trinajstić information content (AvgIpc) is 3.16. The van der Waals surface area contributed by atoms with Gasteiger partial charge in [-0.3, -0.25) is 15.0 Å². The Kier molecular flexibility index (Phi) is 4.72.